The Balaban J connectivity index is 3.69. The zero-order chi connectivity index (χ0) is 8.20. The van der Waals surface area contributed by atoms with Gasteiger partial charge in [-0.15, -0.1) is 0 Å². The highest BCUT2D eigenvalue weighted by Crippen LogP contribution is 1.86. The first-order chi connectivity index (χ1) is 4.45. The summed E-state index contributed by atoms with van der Waals surface area (Å²) < 4.78 is 35.0. The molecule has 6 heteroatoms. The normalized spacial score (nSPS) is 15.1. The first kappa shape index (κ1) is 9.83. The Morgan fingerprint density at radius 1 is 1.70 bits per heavy atom. The second kappa shape index (κ2) is 3.87. The molecular formula is C4H11NO4S. The van der Waals surface area contributed by atoms with Crippen LogP contribution in [-0.2, 0) is 15.0 Å². The zero-order valence-corrected chi connectivity index (χ0v) is 6.68. The number of hydrogen-bond acceptors (Lipinski definition) is 3. The lowest BCUT2D eigenvalue weighted by Crippen LogP contribution is -2.33. The minimum atomic E-state index is -4.12. The highest BCUT2D eigenvalue weighted by atomic mass is 32.2. The molecule has 0 fully saturated rings. The lowest BCUT2D eigenvalue weighted by molar-refractivity contribution is 0.0671. The Bertz CT molecular complexity index is 176. The van der Waals surface area contributed by atoms with Crippen LogP contribution >= 0.6 is 0 Å². The standard InChI is InChI=1S/C4H11NO4S/c1-3-9-4(2)5-10(6,7)8/h4-5H,3H2,1-2H3,(H,6,7,8). The van der Waals surface area contributed by atoms with E-state index in [9.17, 15) is 8.42 Å². The molecule has 2 N–H and O–H groups in total. The third kappa shape index (κ3) is 5.96. The highest BCUT2D eigenvalue weighted by molar-refractivity contribution is 7.83. The maximum atomic E-state index is 10.1. The summed E-state index contributed by atoms with van der Waals surface area (Å²) in [7, 11) is -4.12. The van der Waals surface area contributed by atoms with Crippen LogP contribution in [0.5, 0.6) is 0 Å². The molecule has 0 heterocycles. The van der Waals surface area contributed by atoms with Gasteiger partial charge in [0.05, 0.1) is 0 Å². The molecule has 0 aromatic rings. The Kier molecular flexibility index (Phi) is 3.80. The third-order valence-electron chi connectivity index (χ3n) is 0.732. The molecular weight excluding hydrogens is 158 g/mol. The Morgan fingerprint density at radius 2 is 2.20 bits per heavy atom. The SMILES string of the molecule is CCOC(C)NS(=O)(=O)O. The zero-order valence-electron chi connectivity index (χ0n) is 5.86. The molecule has 0 aliphatic carbocycles. The summed E-state index contributed by atoms with van der Waals surface area (Å²) >= 11 is 0. The van der Waals surface area contributed by atoms with Crippen molar-refractivity contribution in [1.82, 2.24) is 4.72 Å². The van der Waals surface area contributed by atoms with E-state index in [1.807, 2.05) is 4.72 Å². The first-order valence-corrected chi connectivity index (χ1v) is 4.26. The van der Waals surface area contributed by atoms with E-state index in [0.29, 0.717) is 6.61 Å². The molecule has 0 aromatic heterocycles. The summed E-state index contributed by atoms with van der Waals surface area (Å²) in [6.07, 6.45) is -0.681. The molecule has 0 saturated heterocycles. The van der Waals surface area contributed by atoms with Crippen molar-refractivity contribution in [2.45, 2.75) is 20.1 Å². The second-order valence-corrected chi connectivity index (χ2v) is 2.88. The number of nitrogens with one attached hydrogen (secondary N) is 1. The van der Waals surface area contributed by atoms with Crippen LogP contribution < -0.4 is 4.72 Å². The van der Waals surface area contributed by atoms with Crippen LogP contribution in [0.15, 0.2) is 0 Å². The summed E-state index contributed by atoms with van der Waals surface area (Å²) in [5.74, 6) is 0. The highest BCUT2D eigenvalue weighted by Gasteiger charge is 2.08. The fourth-order valence-electron chi connectivity index (χ4n) is 0.494. The van der Waals surface area contributed by atoms with Gasteiger partial charge in [0.25, 0.3) is 0 Å². The Morgan fingerprint density at radius 3 is 2.50 bits per heavy atom. The maximum absolute atomic E-state index is 10.1. The van der Waals surface area contributed by atoms with Crippen LogP contribution in [0, 0.1) is 0 Å². The molecule has 0 rings (SSSR count). The van der Waals surface area contributed by atoms with Gasteiger partial charge >= 0.3 is 10.3 Å². The predicted molar refractivity (Wildman–Crippen MR) is 35.8 cm³/mol. The van der Waals surface area contributed by atoms with Gasteiger partial charge in [0.15, 0.2) is 0 Å². The topological polar surface area (TPSA) is 75.6 Å². The molecule has 0 radical (unpaired) electrons. The minimum Gasteiger partial charge on any atom is -0.363 e. The monoisotopic (exact) mass is 169 g/mol. The molecule has 0 aliphatic heterocycles. The second-order valence-electron chi connectivity index (χ2n) is 1.69. The van der Waals surface area contributed by atoms with Gasteiger partial charge in [0, 0.05) is 6.61 Å². The molecule has 5 nitrogen and oxygen atoms in total. The van der Waals surface area contributed by atoms with E-state index in [2.05, 4.69) is 0 Å². The van der Waals surface area contributed by atoms with Crippen LogP contribution in [0.4, 0.5) is 0 Å². The van der Waals surface area contributed by atoms with Crippen LogP contribution in [0.25, 0.3) is 0 Å². The quantitative estimate of drug-likeness (QED) is 0.450. The van der Waals surface area contributed by atoms with Gasteiger partial charge in [0.1, 0.15) is 6.23 Å². The van der Waals surface area contributed by atoms with Gasteiger partial charge in [0.2, 0.25) is 0 Å². The van der Waals surface area contributed by atoms with E-state index >= 15 is 0 Å². The van der Waals surface area contributed by atoms with Crippen molar-refractivity contribution in [2.24, 2.45) is 0 Å². The van der Waals surface area contributed by atoms with Crippen LogP contribution in [-0.4, -0.2) is 25.8 Å². The average Bonchev–Trinajstić information content (AvgIpc) is 1.59. The van der Waals surface area contributed by atoms with Gasteiger partial charge in [-0.05, 0) is 13.8 Å². The van der Waals surface area contributed by atoms with Crippen LogP contribution in [0.1, 0.15) is 13.8 Å². The minimum absolute atomic E-state index is 0.393. The molecule has 0 saturated carbocycles. The molecule has 0 aliphatic rings. The van der Waals surface area contributed by atoms with E-state index in [1.165, 1.54) is 6.92 Å². The van der Waals surface area contributed by atoms with Gasteiger partial charge in [-0.1, -0.05) is 0 Å². The van der Waals surface area contributed by atoms with Crippen LogP contribution in [0.3, 0.4) is 0 Å². The fraction of sp³-hybridized carbons (Fsp3) is 1.00. The van der Waals surface area contributed by atoms with Crippen molar-refractivity contribution in [2.75, 3.05) is 6.61 Å². The fourth-order valence-corrected chi connectivity index (χ4v) is 0.981. The summed E-state index contributed by atoms with van der Waals surface area (Å²) in [5, 5.41) is 0. The van der Waals surface area contributed by atoms with E-state index in [-0.39, 0.29) is 0 Å². The molecule has 0 amide bonds. The van der Waals surface area contributed by atoms with E-state index in [1.54, 1.807) is 6.92 Å². The molecule has 0 aromatic carbocycles. The van der Waals surface area contributed by atoms with Crippen molar-refractivity contribution < 1.29 is 17.7 Å². The van der Waals surface area contributed by atoms with E-state index in [0.717, 1.165) is 0 Å². The van der Waals surface area contributed by atoms with Crippen molar-refractivity contribution >= 4 is 10.3 Å². The summed E-state index contributed by atoms with van der Waals surface area (Å²) in [6, 6.07) is 0. The molecule has 10 heavy (non-hydrogen) atoms. The predicted octanol–water partition coefficient (Wildman–Crippen LogP) is -0.239. The molecule has 62 valence electrons. The Labute approximate surface area is 60.3 Å². The molecule has 0 bridgehead atoms. The first-order valence-electron chi connectivity index (χ1n) is 2.82. The number of hydrogen-bond donors (Lipinski definition) is 2. The van der Waals surface area contributed by atoms with Gasteiger partial charge in [-0.3, -0.25) is 4.55 Å². The lowest BCUT2D eigenvalue weighted by atomic mass is 10.7. The lowest BCUT2D eigenvalue weighted by Gasteiger charge is -2.09. The number of ether oxygens (including phenoxy) is 1. The van der Waals surface area contributed by atoms with Crippen molar-refractivity contribution in [3.05, 3.63) is 0 Å². The van der Waals surface area contributed by atoms with E-state index in [4.69, 9.17) is 9.29 Å². The molecule has 1 unspecified atom stereocenters. The maximum Gasteiger partial charge on any atom is 0.335 e. The summed E-state index contributed by atoms with van der Waals surface area (Å²) in [5.41, 5.74) is 0. The summed E-state index contributed by atoms with van der Waals surface area (Å²) in [4.78, 5) is 0. The van der Waals surface area contributed by atoms with Gasteiger partial charge in [-0.25, -0.2) is 0 Å². The number of rotatable bonds is 4. The molecule has 0 spiro atoms. The Hall–Kier alpha value is -0.170. The van der Waals surface area contributed by atoms with Crippen molar-refractivity contribution in [1.29, 1.82) is 0 Å². The largest absolute Gasteiger partial charge is 0.363 e. The van der Waals surface area contributed by atoms with Crippen molar-refractivity contribution in [3.8, 4) is 0 Å². The van der Waals surface area contributed by atoms with Gasteiger partial charge < -0.3 is 4.74 Å². The smallest absolute Gasteiger partial charge is 0.335 e. The van der Waals surface area contributed by atoms with Crippen LogP contribution in [0.2, 0.25) is 0 Å². The van der Waals surface area contributed by atoms with E-state index < -0.39 is 16.5 Å². The average molecular weight is 169 g/mol. The van der Waals surface area contributed by atoms with Gasteiger partial charge in [-0.2, -0.15) is 13.1 Å². The summed E-state index contributed by atoms with van der Waals surface area (Å²) in [6.45, 7) is 3.60. The van der Waals surface area contributed by atoms with Crippen molar-refractivity contribution in [3.63, 3.8) is 0 Å². The third-order valence-corrected chi connectivity index (χ3v) is 1.36. The molecule has 1 atom stereocenters.